The van der Waals surface area contributed by atoms with Crippen LogP contribution in [0.3, 0.4) is 0 Å². The number of fused-ring (bicyclic) bond motifs is 1. The summed E-state index contributed by atoms with van der Waals surface area (Å²) >= 11 is 1.76. The Morgan fingerprint density at radius 2 is 2.24 bits per heavy atom. The molecule has 0 saturated carbocycles. The van der Waals surface area contributed by atoms with E-state index in [1.807, 2.05) is 16.8 Å². The zero-order valence-electron chi connectivity index (χ0n) is 12.3. The summed E-state index contributed by atoms with van der Waals surface area (Å²) in [6, 6.07) is 2.14. The molecule has 21 heavy (non-hydrogen) atoms. The number of thiophene rings is 1. The molecule has 0 fully saturated rings. The quantitative estimate of drug-likeness (QED) is 0.731. The van der Waals surface area contributed by atoms with Crippen molar-refractivity contribution < 1.29 is 0 Å². The number of aromatic nitrogens is 3. The first-order chi connectivity index (χ1) is 10.3. The Bertz CT molecular complexity index is 731. The number of nitrogens with one attached hydrogen (secondary N) is 2. The van der Waals surface area contributed by atoms with Crippen LogP contribution >= 0.6 is 11.3 Å². The molecule has 110 valence electrons. The van der Waals surface area contributed by atoms with Crippen molar-refractivity contribution in [3.63, 3.8) is 0 Å². The Labute approximate surface area is 128 Å². The smallest absolute Gasteiger partial charge is 0.180 e. The van der Waals surface area contributed by atoms with Gasteiger partial charge in [-0.3, -0.25) is 0 Å². The van der Waals surface area contributed by atoms with E-state index in [1.165, 1.54) is 10.4 Å². The van der Waals surface area contributed by atoms with Crippen LogP contribution in [0.25, 0.3) is 5.65 Å². The molecule has 0 aliphatic rings. The third kappa shape index (κ3) is 3.00. The van der Waals surface area contributed by atoms with Gasteiger partial charge in [-0.2, -0.15) is 0 Å². The Morgan fingerprint density at radius 3 is 3.00 bits per heavy atom. The van der Waals surface area contributed by atoms with Crippen LogP contribution in [0.1, 0.15) is 23.8 Å². The van der Waals surface area contributed by atoms with Crippen molar-refractivity contribution in [2.45, 2.75) is 26.8 Å². The van der Waals surface area contributed by atoms with Gasteiger partial charge in [0.15, 0.2) is 11.5 Å². The van der Waals surface area contributed by atoms with Crippen molar-refractivity contribution in [2.24, 2.45) is 0 Å². The third-order valence-electron chi connectivity index (χ3n) is 3.31. The average Bonchev–Trinajstić information content (AvgIpc) is 3.11. The molecule has 5 nitrogen and oxygen atoms in total. The number of rotatable bonds is 6. The predicted molar refractivity (Wildman–Crippen MR) is 88.2 cm³/mol. The summed E-state index contributed by atoms with van der Waals surface area (Å²) in [5, 5.41) is 8.85. The van der Waals surface area contributed by atoms with Crippen LogP contribution in [0.5, 0.6) is 0 Å². The van der Waals surface area contributed by atoms with E-state index in [0.717, 1.165) is 36.8 Å². The molecule has 3 aromatic rings. The molecule has 2 N–H and O–H groups in total. The molecular formula is C15H19N5S. The summed E-state index contributed by atoms with van der Waals surface area (Å²) in [5.41, 5.74) is 2.17. The second kappa shape index (κ2) is 6.13. The Morgan fingerprint density at radius 1 is 1.33 bits per heavy atom. The molecular weight excluding hydrogens is 282 g/mol. The van der Waals surface area contributed by atoms with E-state index in [2.05, 4.69) is 45.9 Å². The highest BCUT2D eigenvalue weighted by atomic mass is 32.1. The molecule has 0 aliphatic carbocycles. The highest BCUT2D eigenvalue weighted by Crippen LogP contribution is 2.20. The van der Waals surface area contributed by atoms with E-state index >= 15 is 0 Å². The van der Waals surface area contributed by atoms with Crippen LogP contribution in [0, 0.1) is 6.92 Å². The van der Waals surface area contributed by atoms with Gasteiger partial charge in [0, 0.05) is 23.8 Å². The summed E-state index contributed by atoms with van der Waals surface area (Å²) in [5.74, 6) is 1.68. The predicted octanol–water partition coefficient (Wildman–Crippen LogP) is 3.53. The molecule has 0 aromatic carbocycles. The minimum Gasteiger partial charge on any atom is -0.369 e. The van der Waals surface area contributed by atoms with E-state index in [9.17, 15) is 0 Å². The van der Waals surface area contributed by atoms with Gasteiger partial charge in [-0.05, 0) is 30.4 Å². The van der Waals surface area contributed by atoms with Gasteiger partial charge in [0.1, 0.15) is 5.82 Å². The topological polar surface area (TPSA) is 54.2 Å². The Kier molecular flexibility index (Phi) is 4.06. The largest absolute Gasteiger partial charge is 0.369 e. The van der Waals surface area contributed by atoms with E-state index in [0.29, 0.717) is 0 Å². The van der Waals surface area contributed by atoms with Gasteiger partial charge in [-0.15, -0.1) is 11.3 Å². The van der Waals surface area contributed by atoms with Gasteiger partial charge in [-0.1, -0.05) is 6.92 Å². The van der Waals surface area contributed by atoms with Crippen molar-refractivity contribution in [1.82, 2.24) is 14.4 Å². The molecule has 3 heterocycles. The van der Waals surface area contributed by atoms with Gasteiger partial charge >= 0.3 is 0 Å². The van der Waals surface area contributed by atoms with Crippen molar-refractivity contribution in [3.05, 3.63) is 40.5 Å². The van der Waals surface area contributed by atoms with E-state index < -0.39 is 0 Å². The highest BCUT2D eigenvalue weighted by Gasteiger charge is 2.08. The summed E-state index contributed by atoms with van der Waals surface area (Å²) < 4.78 is 1.99. The van der Waals surface area contributed by atoms with Crippen LogP contribution in [-0.2, 0) is 6.54 Å². The lowest BCUT2D eigenvalue weighted by Crippen LogP contribution is -2.08. The van der Waals surface area contributed by atoms with Gasteiger partial charge in [0.05, 0.1) is 12.7 Å². The number of imidazole rings is 1. The fraction of sp³-hybridized carbons (Fsp3) is 0.333. The lowest BCUT2D eigenvalue weighted by Gasteiger charge is -2.10. The lowest BCUT2D eigenvalue weighted by molar-refractivity contribution is 0.960. The summed E-state index contributed by atoms with van der Waals surface area (Å²) in [4.78, 5) is 10.3. The molecule has 0 unspecified atom stereocenters. The minimum atomic E-state index is 0.774. The maximum absolute atomic E-state index is 4.64. The first-order valence-corrected chi connectivity index (χ1v) is 8.00. The number of hydrogen-bond donors (Lipinski definition) is 2. The van der Waals surface area contributed by atoms with Crippen molar-refractivity contribution in [1.29, 1.82) is 0 Å². The normalized spacial score (nSPS) is 11.0. The fourth-order valence-corrected chi connectivity index (χ4v) is 2.98. The van der Waals surface area contributed by atoms with E-state index in [1.54, 1.807) is 17.5 Å². The Balaban J connectivity index is 1.85. The first kappa shape index (κ1) is 13.9. The van der Waals surface area contributed by atoms with Gasteiger partial charge in [-0.25, -0.2) is 9.97 Å². The molecule has 0 amide bonds. The number of hydrogen-bond acceptors (Lipinski definition) is 5. The van der Waals surface area contributed by atoms with Gasteiger partial charge in [0.2, 0.25) is 0 Å². The lowest BCUT2D eigenvalue weighted by atomic mass is 10.3. The van der Waals surface area contributed by atoms with Crippen LogP contribution in [0.4, 0.5) is 11.6 Å². The molecule has 0 bridgehead atoms. The highest BCUT2D eigenvalue weighted by molar-refractivity contribution is 7.10. The molecule has 0 saturated heterocycles. The van der Waals surface area contributed by atoms with E-state index in [-0.39, 0.29) is 0 Å². The summed E-state index contributed by atoms with van der Waals surface area (Å²) in [6.45, 7) is 5.96. The van der Waals surface area contributed by atoms with Crippen LogP contribution in [0.15, 0.2) is 30.0 Å². The van der Waals surface area contributed by atoms with Crippen molar-refractivity contribution >= 4 is 28.6 Å². The zero-order valence-corrected chi connectivity index (χ0v) is 13.1. The number of aryl methyl sites for hydroxylation is 1. The minimum absolute atomic E-state index is 0.774. The monoisotopic (exact) mass is 301 g/mol. The Hall–Kier alpha value is -2.08. The van der Waals surface area contributed by atoms with Gasteiger partial charge in [0.25, 0.3) is 0 Å². The van der Waals surface area contributed by atoms with Crippen molar-refractivity contribution in [3.8, 4) is 0 Å². The molecule has 3 aromatic heterocycles. The fourth-order valence-electron chi connectivity index (χ4n) is 2.14. The van der Waals surface area contributed by atoms with Crippen LogP contribution in [0.2, 0.25) is 0 Å². The average molecular weight is 301 g/mol. The second-order valence-corrected chi connectivity index (χ2v) is 5.94. The third-order valence-corrected chi connectivity index (χ3v) is 4.34. The standard InChI is InChI=1S/C15H19N5S/c1-3-5-16-13-10-20-7-6-17-15(20)14(19-13)18-9-12-11(2)4-8-21-12/h4,6-8,10,16H,3,5,9H2,1-2H3,(H,18,19). The van der Waals surface area contributed by atoms with E-state index in [4.69, 9.17) is 0 Å². The first-order valence-electron chi connectivity index (χ1n) is 7.12. The maximum atomic E-state index is 4.64. The molecule has 0 aliphatic heterocycles. The number of nitrogens with zero attached hydrogens (tertiary/aromatic N) is 3. The molecule has 0 spiro atoms. The molecule has 6 heteroatoms. The molecule has 0 radical (unpaired) electrons. The van der Waals surface area contributed by atoms with Crippen LogP contribution < -0.4 is 10.6 Å². The summed E-state index contributed by atoms with van der Waals surface area (Å²) in [7, 11) is 0. The van der Waals surface area contributed by atoms with Crippen molar-refractivity contribution in [2.75, 3.05) is 17.2 Å². The van der Waals surface area contributed by atoms with Crippen LogP contribution in [-0.4, -0.2) is 20.9 Å². The molecule has 3 rings (SSSR count). The van der Waals surface area contributed by atoms with Gasteiger partial charge < -0.3 is 15.0 Å². The molecule has 0 atom stereocenters. The maximum Gasteiger partial charge on any atom is 0.180 e. The number of anilines is 2. The SMILES string of the molecule is CCCNc1cn2ccnc2c(NCc2sccc2C)n1. The zero-order chi connectivity index (χ0) is 14.7. The summed E-state index contributed by atoms with van der Waals surface area (Å²) in [6.07, 6.45) is 6.78. The second-order valence-electron chi connectivity index (χ2n) is 4.94.